The zero-order chi connectivity index (χ0) is 12.1. The topological polar surface area (TPSA) is 55.5 Å². The molecule has 94 valence electrons. The minimum absolute atomic E-state index is 0.0414. The Morgan fingerprint density at radius 3 is 2.88 bits per heavy atom. The highest BCUT2D eigenvalue weighted by atomic mass is 16.5. The largest absolute Gasteiger partial charge is 0.396 e. The maximum absolute atomic E-state index is 8.74. The molecule has 1 aromatic rings. The van der Waals surface area contributed by atoms with E-state index in [1.165, 1.54) is 18.4 Å². The SMILES string of the molecule is NCC(OCCCO)c1cccc(C2CC2)c1. The standard InChI is InChI=1S/C14H21NO2/c15-10-14(17-8-2-7-16)13-4-1-3-12(9-13)11-5-6-11/h1,3-4,9,11,14,16H,2,5-8,10,15H2. The Morgan fingerprint density at radius 1 is 1.41 bits per heavy atom. The summed E-state index contributed by atoms with van der Waals surface area (Å²) in [6.45, 7) is 1.21. The summed E-state index contributed by atoms with van der Waals surface area (Å²) >= 11 is 0. The second kappa shape index (κ2) is 6.15. The van der Waals surface area contributed by atoms with E-state index < -0.39 is 0 Å². The lowest BCUT2D eigenvalue weighted by atomic mass is 10.0. The molecule has 0 aromatic heterocycles. The first-order valence-electron chi connectivity index (χ1n) is 6.37. The van der Waals surface area contributed by atoms with E-state index in [1.54, 1.807) is 0 Å². The number of rotatable bonds is 7. The van der Waals surface area contributed by atoms with Crippen molar-refractivity contribution in [1.29, 1.82) is 0 Å². The van der Waals surface area contributed by atoms with E-state index in [9.17, 15) is 0 Å². The van der Waals surface area contributed by atoms with Gasteiger partial charge in [0.2, 0.25) is 0 Å². The van der Waals surface area contributed by atoms with E-state index in [4.69, 9.17) is 15.6 Å². The van der Waals surface area contributed by atoms with Gasteiger partial charge in [0.1, 0.15) is 0 Å². The van der Waals surface area contributed by atoms with Gasteiger partial charge in [0.15, 0.2) is 0 Å². The van der Waals surface area contributed by atoms with E-state index in [2.05, 4.69) is 24.3 Å². The summed E-state index contributed by atoms with van der Waals surface area (Å²) in [5.41, 5.74) is 8.31. The first kappa shape index (κ1) is 12.6. The number of benzene rings is 1. The quantitative estimate of drug-likeness (QED) is 0.710. The molecule has 0 spiro atoms. The molecule has 1 fully saturated rings. The second-order valence-electron chi connectivity index (χ2n) is 4.62. The normalized spacial score (nSPS) is 17.1. The van der Waals surface area contributed by atoms with Crippen molar-refractivity contribution in [2.24, 2.45) is 5.73 Å². The molecule has 3 nitrogen and oxygen atoms in total. The van der Waals surface area contributed by atoms with Gasteiger partial charge in [-0.25, -0.2) is 0 Å². The molecule has 3 heteroatoms. The van der Waals surface area contributed by atoms with Crippen LogP contribution < -0.4 is 5.73 Å². The van der Waals surface area contributed by atoms with Crippen molar-refractivity contribution >= 4 is 0 Å². The van der Waals surface area contributed by atoms with Crippen molar-refractivity contribution in [3.8, 4) is 0 Å². The third kappa shape index (κ3) is 3.53. The fraction of sp³-hybridized carbons (Fsp3) is 0.571. The van der Waals surface area contributed by atoms with Gasteiger partial charge in [-0.1, -0.05) is 24.3 Å². The van der Waals surface area contributed by atoms with Crippen LogP contribution in [0.5, 0.6) is 0 Å². The Balaban J connectivity index is 1.99. The molecule has 1 saturated carbocycles. The van der Waals surface area contributed by atoms with Gasteiger partial charge < -0.3 is 15.6 Å². The molecule has 0 bridgehead atoms. The average Bonchev–Trinajstić information content (AvgIpc) is 3.19. The number of hydrogen-bond donors (Lipinski definition) is 2. The van der Waals surface area contributed by atoms with E-state index in [1.807, 2.05) is 0 Å². The van der Waals surface area contributed by atoms with Crippen LogP contribution in [0.2, 0.25) is 0 Å². The van der Waals surface area contributed by atoms with Crippen LogP contribution in [0, 0.1) is 0 Å². The summed E-state index contributed by atoms with van der Waals surface area (Å²) in [5, 5.41) is 8.74. The summed E-state index contributed by atoms with van der Waals surface area (Å²) in [7, 11) is 0. The summed E-state index contributed by atoms with van der Waals surface area (Å²) in [5.74, 6) is 0.755. The van der Waals surface area contributed by atoms with Crippen molar-refractivity contribution in [3.63, 3.8) is 0 Å². The third-order valence-electron chi connectivity index (χ3n) is 3.17. The van der Waals surface area contributed by atoms with Crippen LogP contribution in [0.4, 0.5) is 0 Å². The van der Waals surface area contributed by atoms with Gasteiger partial charge in [-0.05, 0) is 36.3 Å². The Labute approximate surface area is 103 Å². The lowest BCUT2D eigenvalue weighted by molar-refractivity contribution is 0.0488. The summed E-state index contributed by atoms with van der Waals surface area (Å²) < 4.78 is 5.69. The van der Waals surface area contributed by atoms with E-state index in [0.717, 1.165) is 11.5 Å². The molecule has 0 amide bonds. The van der Waals surface area contributed by atoms with Gasteiger partial charge in [0.05, 0.1) is 6.10 Å². The highest BCUT2D eigenvalue weighted by Gasteiger charge is 2.24. The van der Waals surface area contributed by atoms with Crippen LogP contribution >= 0.6 is 0 Å². The van der Waals surface area contributed by atoms with Crippen molar-refractivity contribution < 1.29 is 9.84 Å². The number of hydrogen-bond acceptors (Lipinski definition) is 3. The molecule has 0 saturated heterocycles. The lowest BCUT2D eigenvalue weighted by Gasteiger charge is -2.17. The highest BCUT2D eigenvalue weighted by molar-refractivity contribution is 5.30. The molecule has 2 rings (SSSR count). The highest BCUT2D eigenvalue weighted by Crippen LogP contribution is 2.40. The maximum Gasteiger partial charge on any atom is 0.0947 e. The van der Waals surface area contributed by atoms with E-state index in [-0.39, 0.29) is 12.7 Å². The molecule has 0 aliphatic heterocycles. The van der Waals surface area contributed by atoms with E-state index >= 15 is 0 Å². The number of nitrogens with two attached hydrogens (primary N) is 1. The predicted molar refractivity (Wildman–Crippen MR) is 67.9 cm³/mol. The molecule has 0 heterocycles. The van der Waals surface area contributed by atoms with Crippen LogP contribution in [-0.2, 0) is 4.74 Å². The first-order valence-corrected chi connectivity index (χ1v) is 6.37. The van der Waals surface area contributed by atoms with Crippen LogP contribution in [0.1, 0.15) is 42.4 Å². The van der Waals surface area contributed by atoms with Crippen LogP contribution in [-0.4, -0.2) is 24.9 Å². The van der Waals surface area contributed by atoms with E-state index in [0.29, 0.717) is 19.6 Å². The Morgan fingerprint density at radius 2 is 2.24 bits per heavy atom. The first-order chi connectivity index (χ1) is 8.35. The van der Waals surface area contributed by atoms with Gasteiger partial charge in [-0.3, -0.25) is 0 Å². The minimum Gasteiger partial charge on any atom is -0.396 e. The van der Waals surface area contributed by atoms with Gasteiger partial charge in [-0.15, -0.1) is 0 Å². The molecular weight excluding hydrogens is 214 g/mol. The monoisotopic (exact) mass is 235 g/mol. The summed E-state index contributed by atoms with van der Waals surface area (Å²) in [4.78, 5) is 0. The molecule has 1 atom stereocenters. The van der Waals surface area contributed by atoms with Crippen LogP contribution in [0.3, 0.4) is 0 Å². The molecule has 1 aliphatic carbocycles. The van der Waals surface area contributed by atoms with Crippen molar-refractivity contribution in [3.05, 3.63) is 35.4 Å². The Kier molecular flexibility index (Phi) is 4.54. The van der Waals surface area contributed by atoms with Gasteiger partial charge in [-0.2, -0.15) is 0 Å². The van der Waals surface area contributed by atoms with Crippen LogP contribution in [0.15, 0.2) is 24.3 Å². The zero-order valence-corrected chi connectivity index (χ0v) is 10.1. The number of ether oxygens (including phenoxy) is 1. The fourth-order valence-electron chi connectivity index (χ4n) is 2.02. The second-order valence-corrected chi connectivity index (χ2v) is 4.62. The predicted octanol–water partition coefficient (Wildman–Crippen LogP) is 1.96. The Bertz CT molecular complexity index is 350. The molecular formula is C14H21NO2. The minimum atomic E-state index is -0.0414. The van der Waals surface area contributed by atoms with Gasteiger partial charge in [0, 0.05) is 19.8 Å². The smallest absolute Gasteiger partial charge is 0.0947 e. The zero-order valence-electron chi connectivity index (χ0n) is 10.1. The van der Waals surface area contributed by atoms with Crippen molar-refractivity contribution in [2.45, 2.75) is 31.3 Å². The molecule has 3 N–H and O–H groups in total. The third-order valence-corrected chi connectivity index (χ3v) is 3.17. The van der Waals surface area contributed by atoms with Gasteiger partial charge in [0.25, 0.3) is 0 Å². The average molecular weight is 235 g/mol. The molecule has 1 aliphatic rings. The fourth-order valence-corrected chi connectivity index (χ4v) is 2.02. The molecule has 1 unspecified atom stereocenters. The molecule has 17 heavy (non-hydrogen) atoms. The van der Waals surface area contributed by atoms with Crippen LogP contribution in [0.25, 0.3) is 0 Å². The summed E-state index contributed by atoms with van der Waals surface area (Å²) in [6, 6.07) is 8.56. The molecule has 1 aromatic carbocycles. The maximum atomic E-state index is 8.74. The molecule has 0 radical (unpaired) electrons. The van der Waals surface area contributed by atoms with Crippen molar-refractivity contribution in [1.82, 2.24) is 0 Å². The van der Waals surface area contributed by atoms with Crippen molar-refractivity contribution in [2.75, 3.05) is 19.8 Å². The lowest BCUT2D eigenvalue weighted by Crippen LogP contribution is -2.17. The Hall–Kier alpha value is -0.900. The summed E-state index contributed by atoms with van der Waals surface area (Å²) in [6.07, 6.45) is 3.24. The number of aliphatic hydroxyl groups is 1. The number of aliphatic hydroxyl groups excluding tert-OH is 1. The van der Waals surface area contributed by atoms with Gasteiger partial charge >= 0.3 is 0 Å².